The summed E-state index contributed by atoms with van der Waals surface area (Å²) in [7, 11) is 1.51. The summed E-state index contributed by atoms with van der Waals surface area (Å²) >= 11 is 0. The molecular formula is C21H40O6Si. The molecule has 0 heterocycles. The van der Waals surface area contributed by atoms with Crippen LogP contribution in [0.5, 0.6) is 0 Å². The number of Topliss-reactive ketones (excluding diaryl/α,β-unsaturated/α-hetero) is 1. The average molecular weight is 417 g/mol. The van der Waals surface area contributed by atoms with E-state index in [0.717, 1.165) is 5.57 Å². The first-order valence-corrected chi connectivity index (χ1v) is 12.6. The summed E-state index contributed by atoms with van der Waals surface area (Å²) in [5, 5.41) is 0. The van der Waals surface area contributed by atoms with Crippen LogP contribution < -0.4 is 0 Å². The summed E-state index contributed by atoms with van der Waals surface area (Å²) in [6.07, 6.45) is 2.26. The van der Waals surface area contributed by atoms with Crippen LogP contribution in [0.2, 0.25) is 19.6 Å². The van der Waals surface area contributed by atoms with Gasteiger partial charge in [0, 0.05) is 12.0 Å². The Kier molecular flexibility index (Phi) is 16.6. The Balaban J connectivity index is -0.000000362. The van der Waals surface area contributed by atoms with Crippen LogP contribution in [0.15, 0.2) is 24.2 Å². The monoisotopic (exact) mass is 416 g/mol. The molecule has 0 aliphatic heterocycles. The van der Waals surface area contributed by atoms with Gasteiger partial charge in [-0.1, -0.05) is 6.58 Å². The Bertz CT molecular complexity index is 538. The number of methoxy groups -OCH3 is 2. The summed E-state index contributed by atoms with van der Waals surface area (Å²) in [6.45, 7) is 20.1. The summed E-state index contributed by atoms with van der Waals surface area (Å²) in [5.74, 6) is 0.546. The number of esters is 1. The molecule has 0 fully saturated rings. The molecule has 0 saturated carbocycles. The number of carbonyl (C=O) groups is 3. The van der Waals surface area contributed by atoms with Crippen molar-refractivity contribution in [3.63, 3.8) is 0 Å². The maximum absolute atomic E-state index is 11.1. The zero-order chi connectivity index (χ0) is 23.1. The standard InChI is InChI=1S/C9H16O3.C8H18O2Si.C4H6O/c1-7(10)5-6-9(2,3)8(11)12-4;1-7(2)8(9-3)10-11(4,5)6;1-3-4(2)5/h5-6H2,1-4H3;1-6H3;3H,1H2,2H3. The van der Waals surface area contributed by atoms with E-state index in [1.165, 1.54) is 27.0 Å². The third kappa shape index (κ3) is 20.4. The van der Waals surface area contributed by atoms with Crippen molar-refractivity contribution >= 4 is 25.9 Å². The molecule has 0 aliphatic carbocycles. The Morgan fingerprint density at radius 1 is 0.964 bits per heavy atom. The van der Waals surface area contributed by atoms with Gasteiger partial charge in [-0.15, -0.1) is 0 Å². The molecule has 7 heteroatoms. The van der Waals surface area contributed by atoms with Gasteiger partial charge in [0.15, 0.2) is 5.78 Å². The van der Waals surface area contributed by atoms with Crippen molar-refractivity contribution in [2.24, 2.45) is 5.41 Å². The molecule has 0 saturated heterocycles. The van der Waals surface area contributed by atoms with Crippen LogP contribution in [0.25, 0.3) is 0 Å². The second-order valence-electron chi connectivity index (χ2n) is 8.10. The van der Waals surface area contributed by atoms with Crippen LogP contribution >= 0.6 is 0 Å². The van der Waals surface area contributed by atoms with Crippen molar-refractivity contribution in [2.75, 3.05) is 14.2 Å². The SMILES string of the molecule is C=CC(C)=O.COC(=O)C(C)(C)CCC(C)=O.COC(O[Si](C)(C)C)=C(C)C. The molecule has 0 aliphatic rings. The smallest absolute Gasteiger partial charge is 0.311 e. The largest absolute Gasteiger partial charge is 0.520 e. The molecule has 0 bridgehead atoms. The van der Waals surface area contributed by atoms with E-state index in [0.29, 0.717) is 18.8 Å². The Hall–Kier alpha value is -1.89. The van der Waals surface area contributed by atoms with E-state index in [4.69, 9.17) is 9.16 Å². The average Bonchev–Trinajstić information content (AvgIpc) is 2.57. The van der Waals surface area contributed by atoms with Crippen LogP contribution in [0.1, 0.15) is 54.4 Å². The highest BCUT2D eigenvalue weighted by Gasteiger charge is 2.28. The minimum Gasteiger partial charge on any atom is -0.520 e. The number of ether oxygens (including phenoxy) is 2. The highest BCUT2D eigenvalue weighted by Crippen LogP contribution is 2.23. The summed E-state index contributed by atoms with van der Waals surface area (Å²) in [6, 6.07) is 0. The molecule has 0 aromatic rings. The van der Waals surface area contributed by atoms with E-state index >= 15 is 0 Å². The van der Waals surface area contributed by atoms with Gasteiger partial charge in [-0.3, -0.25) is 9.59 Å². The van der Waals surface area contributed by atoms with Gasteiger partial charge in [0.1, 0.15) is 5.78 Å². The topological polar surface area (TPSA) is 78.9 Å². The van der Waals surface area contributed by atoms with Crippen molar-refractivity contribution in [3.8, 4) is 0 Å². The summed E-state index contributed by atoms with van der Waals surface area (Å²) < 4.78 is 15.3. The first-order valence-electron chi connectivity index (χ1n) is 9.15. The molecule has 6 nitrogen and oxygen atoms in total. The minimum atomic E-state index is -1.49. The predicted octanol–water partition coefficient (Wildman–Crippen LogP) is 5.05. The zero-order valence-corrected chi connectivity index (χ0v) is 20.6. The number of hydrogen-bond acceptors (Lipinski definition) is 6. The third-order valence-corrected chi connectivity index (χ3v) is 3.92. The van der Waals surface area contributed by atoms with Crippen LogP contribution in [0.4, 0.5) is 0 Å². The number of hydrogen-bond donors (Lipinski definition) is 0. The maximum Gasteiger partial charge on any atom is 0.311 e. The molecule has 0 atom stereocenters. The lowest BCUT2D eigenvalue weighted by molar-refractivity contribution is -0.151. The second-order valence-corrected chi connectivity index (χ2v) is 12.5. The molecule has 0 amide bonds. The van der Waals surface area contributed by atoms with Gasteiger partial charge in [0.2, 0.25) is 8.32 Å². The van der Waals surface area contributed by atoms with Gasteiger partial charge in [0.05, 0.1) is 19.6 Å². The molecule has 28 heavy (non-hydrogen) atoms. The fourth-order valence-electron chi connectivity index (χ4n) is 1.49. The highest BCUT2D eigenvalue weighted by molar-refractivity contribution is 6.70. The van der Waals surface area contributed by atoms with Crippen molar-refractivity contribution in [1.82, 2.24) is 0 Å². The van der Waals surface area contributed by atoms with Crippen LogP contribution in [-0.2, 0) is 28.3 Å². The zero-order valence-electron chi connectivity index (χ0n) is 19.6. The Labute approximate surface area is 172 Å². The summed E-state index contributed by atoms with van der Waals surface area (Å²) in [5.41, 5.74) is 0.551. The molecule has 0 unspecified atom stereocenters. The lowest BCUT2D eigenvalue weighted by Gasteiger charge is -2.21. The molecule has 0 rings (SSSR count). The molecule has 0 aromatic carbocycles. The van der Waals surface area contributed by atoms with Crippen LogP contribution in [-0.4, -0.2) is 40.1 Å². The number of ketones is 2. The van der Waals surface area contributed by atoms with Gasteiger partial charge < -0.3 is 18.7 Å². The first-order chi connectivity index (χ1) is 12.5. The van der Waals surface area contributed by atoms with E-state index in [1.54, 1.807) is 21.0 Å². The van der Waals surface area contributed by atoms with Crippen LogP contribution in [0.3, 0.4) is 0 Å². The van der Waals surface area contributed by atoms with Gasteiger partial charge in [-0.25, -0.2) is 0 Å². The Morgan fingerprint density at radius 3 is 1.57 bits per heavy atom. The maximum atomic E-state index is 11.1. The van der Waals surface area contributed by atoms with E-state index in [-0.39, 0.29) is 17.5 Å². The molecule has 0 N–H and O–H groups in total. The van der Waals surface area contributed by atoms with E-state index in [1.807, 2.05) is 13.8 Å². The van der Waals surface area contributed by atoms with E-state index in [9.17, 15) is 14.4 Å². The van der Waals surface area contributed by atoms with Crippen molar-refractivity contribution < 1.29 is 28.3 Å². The van der Waals surface area contributed by atoms with Gasteiger partial charge >= 0.3 is 5.97 Å². The molecule has 0 aromatic heterocycles. The Morgan fingerprint density at radius 2 is 1.39 bits per heavy atom. The minimum absolute atomic E-state index is 0.0185. The molecule has 164 valence electrons. The fraction of sp³-hybridized carbons (Fsp3) is 0.667. The quantitative estimate of drug-likeness (QED) is 0.238. The number of rotatable bonds is 8. The first kappa shape index (κ1) is 30.8. The number of carbonyl (C=O) groups excluding carboxylic acids is 3. The lowest BCUT2D eigenvalue weighted by atomic mass is 9.87. The number of allylic oxidation sites excluding steroid dienone is 2. The van der Waals surface area contributed by atoms with Crippen molar-refractivity contribution in [3.05, 3.63) is 24.2 Å². The predicted molar refractivity (Wildman–Crippen MR) is 116 cm³/mol. The second kappa shape index (κ2) is 15.1. The lowest BCUT2D eigenvalue weighted by Crippen LogP contribution is -2.26. The molecule has 0 spiro atoms. The highest BCUT2D eigenvalue weighted by atomic mass is 28.4. The van der Waals surface area contributed by atoms with Crippen molar-refractivity contribution in [2.45, 2.75) is 74.0 Å². The third-order valence-electron chi connectivity index (χ3n) is 3.12. The van der Waals surface area contributed by atoms with Gasteiger partial charge in [-0.05, 0) is 73.7 Å². The molecular weight excluding hydrogens is 376 g/mol. The van der Waals surface area contributed by atoms with Gasteiger partial charge in [-0.2, -0.15) is 0 Å². The van der Waals surface area contributed by atoms with Crippen molar-refractivity contribution in [1.29, 1.82) is 0 Å². The van der Waals surface area contributed by atoms with E-state index in [2.05, 4.69) is 31.0 Å². The molecule has 0 radical (unpaired) electrons. The fourth-order valence-corrected chi connectivity index (χ4v) is 2.34. The van der Waals surface area contributed by atoms with E-state index < -0.39 is 13.7 Å². The van der Waals surface area contributed by atoms with Gasteiger partial charge in [0.25, 0.3) is 5.95 Å². The summed E-state index contributed by atoms with van der Waals surface area (Å²) in [4.78, 5) is 31.5. The van der Waals surface area contributed by atoms with Crippen LogP contribution in [0, 0.1) is 5.41 Å². The normalized spacial score (nSPS) is 10.1.